The zero-order chi connectivity index (χ0) is 25.4. The van der Waals surface area contributed by atoms with E-state index in [1.54, 1.807) is 31.2 Å². The van der Waals surface area contributed by atoms with Gasteiger partial charge in [-0.25, -0.2) is 19.2 Å². The van der Waals surface area contributed by atoms with Crippen LogP contribution in [-0.4, -0.2) is 47.7 Å². The minimum absolute atomic E-state index is 0.127. The fourth-order valence-electron chi connectivity index (χ4n) is 3.60. The molecule has 0 aliphatic rings. The van der Waals surface area contributed by atoms with E-state index >= 15 is 4.39 Å². The van der Waals surface area contributed by atoms with Gasteiger partial charge in [-0.05, 0) is 41.6 Å². The molecule has 3 aromatic heterocycles. The molecule has 2 aromatic carbocycles. The Morgan fingerprint density at radius 2 is 2.06 bits per heavy atom. The van der Waals surface area contributed by atoms with Crippen LogP contribution in [0.5, 0.6) is 0 Å². The lowest BCUT2D eigenvalue weighted by molar-refractivity contribution is 0.252. The average Bonchev–Trinajstić information content (AvgIpc) is 3.47. The van der Waals surface area contributed by atoms with Crippen molar-refractivity contribution >= 4 is 52.0 Å². The number of benzene rings is 2. The van der Waals surface area contributed by atoms with E-state index in [4.69, 9.17) is 28.9 Å². The number of nitrogens with one attached hydrogen (secondary N) is 3. The number of fused-ring (bicyclic) bond motifs is 1. The van der Waals surface area contributed by atoms with Gasteiger partial charge < -0.3 is 16.0 Å². The summed E-state index contributed by atoms with van der Waals surface area (Å²) in [5.41, 5.74) is 8.40. The van der Waals surface area contributed by atoms with E-state index in [-0.39, 0.29) is 28.2 Å². The second-order valence-corrected chi connectivity index (χ2v) is 8.35. The Balaban J connectivity index is 1.57. The van der Waals surface area contributed by atoms with Crippen LogP contribution in [0.2, 0.25) is 10.0 Å². The fraction of sp³-hybridized carbons (Fsp3) is 0.0909. The number of aromatic amines is 1. The first kappa shape index (κ1) is 23.5. The standard InChI is InChI=1S/C22H17Cl2FN10O/c1-2-27-22(36)31-21-29-15-7-11(14(25)8-16(15)30-21)10-6-12(19(26)28-9-10)20-32-33-34-35(20)17-5-3-4-13(23)18(17)24/h3-9H,2H2,1H3,(H2,26,28)(H3,27,29,30,31,36). The fourth-order valence-corrected chi connectivity index (χ4v) is 3.97. The van der Waals surface area contributed by atoms with Gasteiger partial charge in [0.15, 0.2) is 5.82 Å². The molecule has 2 amide bonds. The summed E-state index contributed by atoms with van der Waals surface area (Å²) in [6.07, 6.45) is 1.43. The predicted molar refractivity (Wildman–Crippen MR) is 135 cm³/mol. The molecular formula is C22H17Cl2FN10O. The summed E-state index contributed by atoms with van der Waals surface area (Å²) in [4.78, 5) is 23.2. The molecule has 0 radical (unpaired) electrons. The number of imidazole rings is 1. The van der Waals surface area contributed by atoms with Gasteiger partial charge in [-0.3, -0.25) is 5.32 Å². The Morgan fingerprint density at radius 1 is 1.22 bits per heavy atom. The largest absolute Gasteiger partial charge is 0.383 e. The number of hydrogen-bond acceptors (Lipinski definition) is 7. The van der Waals surface area contributed by atoms with E-state index in [1.807, 2.05) is 0 Å². The van der Waals surface area contributed by atoms with Crippen molar-refractivity contribution in [2.45, 2.75) is 6.92 Å². The molecule has 0 saturated heterocycles. The molecule has 0 aliphatic carbocycles. The molecule has 5 N–H and O–H groups in total. The SMILES string of the molecule is CCNC(=O)Nc1nc2cc(-c3cnc(N)c(-c4nnnn4-c4cccc(Cl)c4Cl)c3)c(F)cc2[nH]1. The lowest BCUT2D eigenvalue weighted by Crippen LogP contribution is -2.28. The Bertz CT molecular complexity index is 1620. The van der Waals surface area contributed by atoms with Crippen molar-refractivity contribution in [2.24, 2.45) is 0 Å². The number of urea groups is 1. The highest BCUT2D eigenvalue weighted by Crippen LogP contribution is 2.34. The highest BCUT2D eigenvalue weighted by atomic mass is 35.5. The zero-order valence-corrected chi connectivity index (χ0v) is 20.1. The second kappa shape index (κ2) is 9.40. The van der Waals surface area contributed by atoms with Crippen LogP contribution >= 0.6 is 23.2 Å². The van der Waals surface area contributed by atoms with Gasteiger partial charge in [-0.2, -0.15) is 4.68 Å². The molecule has 0 aliphatic heterocycles. The lowest BCUT2D eigenvalue weighted by atomic mass is 10.0. The smallest absolute Gasteiger partial charge is 0.321 e. The van der Waals surface area contributed by atoms with Gasteiger partial charge >= 0.3 is 6.03 Å². The van der Waals surface area contributed by atoms with E-state index in [0.29, 0.717) is 39.4 Å². The summed E-state index contributed by atoms with van der Waals surface area (Å²) in [6, 6.07) is 9.05. The number of nitrogens with zero attached hydrogens (tertiary/aromatic N) is 6. The van der Waals surface area contributed by atoms with Crippen molar-refractivity contribution in [3.8, 4) is 28.2 Å². The molecule has 0 spiro atoms. The molecule has 36 heavy (non-hydrogen) atoms. The molecular weight excluding hydrogens is 510 g/mol. The number of tetrazole rings is 1. The third kappa shape index (κ3) is 4.27. The molecule has 5 rings (SSSR count). The Morgan fingerprint density at radius 3 is 2.86 bits per heavy atom. The summed E-state index contributed by atoms with van der Waals surface area (Å²) < 4.78 is 16.5. The first-order valence-electron chi connectivity index (χ1n) is 10.6. The van der Waals surface area contributed by atoms with E-state index in [1.165, 1.54) is 23.0 Å². The zero-order valence-electron chi connectivity index (χ0n) is 18.6. The first-order chi connectivity index (χ1) is 17.4. The first-order valence-corrected chi connectivity index (χ1v) is 11.3. The van der Waals surface area contributed by atoms with Gasteiger partial charge in [0, 0.05) is 29.9 Å². The van der Waals surface area contributed by atoms with Crippen LogP contribution < -0.4 is 16.4 Å². The average molecular weight is 527 g/mol. The molecule has 0 saturated carbocycles. The van der Waals surface area contributed by atoms with Crippen LogP contribution in [0.4, 0.5) is 21.0 Å². The van der Waals surface area contributed by atoms with Gasteiger partial charge in [0.2, 0.25) is 5.95 Å². The molecule has 0 unspecified atom stereocenters. The maximum Gasteiger partial charge on any atom is 0.321 e. The maximum atomic E-state index is 15.1. The van der Waals surface area contributed by atoms with Crippen molar-refractivity contribution in [1.82, 2.24) is 40.5 Å². The van der Waals surface area contributed by atoms with Crippen molar-refractivity contribution in [3.05, 3.63) is 58.5 Å². The van der Waals surface area contributed by atoms with Gasteiger partial charge in [-0.1, -0.05) is 29.3 Å². The predicted octanol–water partition coefficient (Wildman–Crippen LogP) is 4.44. The normalized spacial score (nSPS) is 11.1. The number of amides is 2. The van der Waals surface area contributed by atoms with Crippen LogP contribution in [-0.2, 0) is 0 Å². The molecule has 5 aromatic rings. The molecule has 14 heteroatoms. The van der Waals surface area contributed by atoms with E-state index < -0.39 is 11.8 Å². The van der Waals surface area contributed by atoms with Gasteiger partial charge in [-0.15, -0.1) is 5.10 Å². The van der Waals surface area contributed by atoms with Crippen molar-refractivity contribution < 1.29 is 9.18 Å². The number of aromatic nitrogens is 7. The number of carbonyl (C=O) groups is 1. The third-order valence-corrected chi connectivity index (χ3v) is 6.05. The number of nitrogen functional groups attached to an aromatic ring is 1. The highest BCUT2D eigenvalue weighted by Gasteiger charge is 2.20. The summed E-state index contributed by atoms with van der Waals surface area (Å²) in [7, 11) is 0. The summed E-state index contributed by atoms with van der Waals surface area (Å²) in [5, 5.41) is 17.6. The van der Waals surface area contributed by atoms with Crippen LogP contribution in [0.15, 0.2) is 42.6 Å². The van der Waals surface area contributed by atoms with Crippen molar-refractivity contribution in [2.75, 3.05) is 17.6 Å². The van der Waals surface area contributed by atoms with E-state index in [2.05, 4.69) is 41.1 Å². The number of carbonyl (C=O) groups excluding carboxylic acids is 1. The van der Waals surface area contributed by atoms with Crippen molar-refractivity contribution in [3.63, 3.8) is 0 Å². The van der Waals surface area contributed by atoms with E-state index in [0.717, 1.165) is 0 Å². The summed E-state index contributed by atoms with van der Waals surface area (Å²) >= 11 is 12.5. The van der Waals surface area contributed by atoms with Crippen LogP contribution in [0, 0.1) is 5.82 Å². The number of anilines is 2. The topological polar surface area (TPSA) is 152 Å². The van der Waals surface area contributed by atoms with Crippen LogP contribution in [0.25, 0.3) is 39.2 Å². The quantitative estimate of drug-likeness (QED) is 0.264. The van der Waals surface area contributed by atoms with Crippen LogP contribution in [0.3, 0.4) is 0 Å². The minimum Gasteiger partial charge on any atom is -0.383 e. The number of H-pyrrole nitrogens is 1. The van der Waals surface area contributed by atoms with Gasteiger partial charge in [0.1, 0.15) is 11.6 Å². The van der Waals surface area contributed by atoms with Gasteiger partial charge in [0.25, 0.3) is 0 Å². The summed E-state index contributed by atoms with van der Waals surface area (Å²) in [5.74, 6) is 0.00947. The number of nitrogens with two attached hydrogens (primary N) is 1. The van der Waals surface area contributed by atoms with Crippen molar-refractivity contribution in [1.29, 1.82) is 0 Å². The molecule has 0 bridgehead atoms. The van der Waals surface area contributed by atoms with Crippen LogP contribution in [0.1, 0.15) is 6.92 Å². The Kier molecular flexibility index (Phi) is 6.12. The minimum atomic E-state index is -0.536. The Hall–Kier alpha value is -4.29. The maximum absolute atomic E-state index is 15.1. The highest BCUT2D eigenvalue weighted by molar-refractivity contribution is 6.43. The number of halogens is 3. The molecule has 182 valence electrons. The third-order valence-electron chi connectivity index (χ3n) is 5.24. The number of rotatable bonds is 5. The Labute approximate surface area is 212 Å². The monoisotopic (exact) mass is 526 g/mol. The molecule has 0 atom stereocenters. The number of pyridine rings is 1. The molecule has 11 nitrogen and oxygen atoms in total. The second-order valence-electron chi connectivity index (χ2n) is 7.56. The number of hydrogen-bond donors (Lipinski definition) is 4. The van der Waals surface area contributed by atoms with Gasteiger partial charge in [0.05, 0.1) is 32.3 Å². The molecule has 0 fully saturated rings. The molecule has 3 heterocycles. The lowest BCUT2D eigenvalue weighted by Gasteiger charge is -2.11. The van der Waals surface area contributed by atoms with E-state index in [9.17, 15) is 4.79 Å². The summed E-state index contributed by atoms with van der Waals surface area (Å²) in [6.45, 7) is 2.24.